The maximum absolute atomic E-state index is 6.02. The molecule has 2 fully saturated rings. The summed E-state index contributed by atoms with van der Waals surface area (Å²) in [6, 6.07) is 8.25. The first-order valence-electron chi connectivity index (χ1n) is 8.41. The summed E-state index contributed by atoms with van der Waals surface area (Å²) in [7, 11) is 0. The molecule has 0 amide bonds. The van der Waals surface area contributed by atoms with Gasteiger partial charge < -0.3 is 15.3 Å². The van der Waals surface area contributed by atoms with Crippen LogP contribution in [0.2, 0.25) is 0 Å². The van der Waals surface area contributed by atoms with Gasteiger partial charge >= 0.3 is 0 Å². The second kappa shape index (κ2) is 6.89. The average Bonchev–Trinajstić information content (AvgIpc) is 2.52. The first kappa shape index (κ1) is 16.3. The number of hydrogen-bond donors (Lipinski definition) is 1. The maximum atomic E-state index is 6.02. The molecule has 0 aromatic heterocycles. The lowest BCUT2D eigenvalue weighted by atomic mass is 9.70. The number of nitrogens with zero attached hydrogens (tertiary/aromatic N) is 2. The van der Waals surface area contributed by atoms with Crippen molar-refractivity contribution in [2.24, 2.45) is 16.3 Å². The number of rotatable bonds is 5. The van der Waals surface area contributed by atoms with E-state index in [1.165, 1.54) is 5.56 Å². The van der Waals surface area contributed by atoms with E-state index in [2.05, 4.69) is 36.0 Å². The van der Waals surface area contributed by atoms with E-state index in [1.807, 2.05) is 12.1 Å². The van der Waals surface area contributed by atoms with Gasteiger partial charge in [0.2, 0.25) is 0 Å². The molecule has 5 nitrogen and oxygen atoms in total. The summed E-state index contributed by atoms with van der Waals surface area (Å²) in [6.45, 7) is 9.09. The topological polar surface area (TPSA) is 60.1 Å². The highest BCUT2D eigenvalue weighted by Gasteiger charge is 2.38. The Hall–Kier alpha value is -1.59. The molecule has 0 unspecified atom stereocenters. The molecule has 1 aliphatic heterocycles. The van der Waals surface area contributed by atoms with Crippen LogP contribution in [0, 0.1) is 5.41 Å². The number of hydrogen-bond acceptors (Lipinski definition) is 4. The average molecular weight is 317 g/mol. The molecule has 0 atom stereocenters. The molecule has 3 rings (SSSR count). The predicted molar refractivity (Wildman–Crippen MR) is 91.2 cm³/mol. The number of nitrogens with two attached hydrogens (primary N) is 1. The molecule has 1 heterocycles. The molecule has 0 bridgehead atoms. The summed E-state index contributed by atoms with van der Waals surface area (Å²) in [4.78, 5) is 7.92. The Labute approximate surface area is 138 Å². The van der Waals surface area contributed by atoms with Crippen molar-refractivity contribution in [3.63, 3.8) is 0 Å². The quantitative estimate of drug-likeness (QED) is 0.514. The zero-order chi connectivity index (χ0) is 16.3. The highest BCUT2D eigenvalue weighted by Crippen LogP contribution is 2.41. The molecule has 2 N–H and O–H groups in total. The van der Waals surface area contributed by atoms with Gasteiger partial charge in [-0.05, 0) is 23.8 Å². The number of benzene rings is 1. The van der Waals surface area contributed by atoms with Gasteiger partial charge in [-0.15, -0.1) is 0 Å². The molecule has 0 spiro atoms. The van der Waals surface area contributed by atoms with Gasteiger partial charge in [0.1, 0.15) is 6.10 Å². The fourth-order valence-electron chi connectivity index (χ4n) is 3.23. The predicted octanol–water partition coefficient (Wildman–Crippen LogP) is 2.34. The highest BCUT2D eigenvalue weighted by atomic mass is 16.6. The van der Waals surface area contributed by atoms with Crippen LogP contribution in [0.3, 0.4) is 0 Å². The summed E-state index contributed by atoms with van der Waals surface area (Å²) >= 11 is 0. The van der Waals surface area contributed by atoms with Crippen LogP contribution in [0.1, 0.15) is 37.8 Å². The third-order valence-electron chi connectivity index (χ3n) is 4.62. The van der Waals surface area contributed by atoms with Gasteiger partial charge in [-0.3, -0.25) is 4.90 Å². The standard InChI is InChI=1S/C18H27N3O2/c1-18(2)11-16(12-18)23-20-17(19)15-5-3-14(4-6-15)13-21-7-9-22-10-8-21/h3-6,16H,7-13H2,1-2H3,(H2,19,20). The van der Waals surface area contributed by atoms with Crippen molar-refractivity contribution < 1.29 is 9.57 Å². The fourth-order valence-corrected chi connectivity index (χ4v) is 3.23. The molecule has 23 heavy (non-hydrogen) atoms. The number of oxime groups is 1. The lowest BCUT2D eigenvalue weighted by Gasteiger charge is -2.40. The van der Waals surface area contributed by atoms with Crippen molar-refractivity contribution in [1.29, 1.82) is 0 Å². The molecule has 1 aliphatic carbocycles. The van der Waals surface area contributed by atoms with Crippen LogP contribution in [0.4, 0.5) is 0 Å². The van der Waals surface area contributed by atoms with E-state index < -0.39 is 0 Å². The van der Waals surface area contributed by atoms with Crippen molar-refractivity contribution >= 4 is 5.84 Å². The van der Waals surface area contributed by atoms with Gasteiger partial charge in [0.15, 0.2) is 5.84 Å². The van der Waals surface area contributed by atoms with E-state index in [9.17, 15) is 0 Å². The molecule has 2 aliphatic rings. The van der Waals surface area contributed by atoms with Crippen LogP contribution in [-0.2, 0) is 16.1 Å². The highest BCUT2D eigenvalue weighted by molar-refractivity contribution is 5.97. The van der Waals surface area contributed by atoms with Gasteiger partial charge in [0.05, 0.1) is 13.2 Å². The van der Waals surface area contributed by atoms with Gasteiger partial charge in [-0.2, -0.15) is 0 Å². The molecular weight excluding hydrogens is 290 g/mol. The normalized spacial score (nSPS) is 22.6. The van der Waals surface area contributed by atoms with E-state index in [4.69, 9.17) is 15.3 Å². The minimum Gasteiger partial charge on any atom is -0.391 e. The third kappa shape index (κ3) is 4.45. The smallest absolute Gasteiger partial charge is 0.170 e. The Bertz CT molecular complexity index is 540. The zero-order valence-corrected chi connectivity index (χ0v) is 14.1. The van der Waals surface area contributed by atoms with Gasteiger partial charge in [-0.1, -0.05) is 43.3 Å². The minimum atomic E-state index is 0.212. The molecule has 126 valence electrons. The molecule has 1 aromatic carbocycles. The molecular formula is C18H27N3O2. The SMILES string of the molecule is CC1(C)CC(O/N=C(\N)c2ccc(CN3CCOCC3)cc2)C1. The van der Waals surface area contributed by atoms with E-state index in [-0.39, 0.29) is 6.10 Å². The summed E-state index contributed by atoms with van der Waals surface area (Å²) in [5, 5.41) is 4.09. The van der Waals surface area contributed by atoms with Crippen LogP contribution < -0.4 is 5.73 Å². The molecule has 5 heteroatoms. The fraction of sp³-hybridized carbons (Fsp3) is 0.611. The summed E-state index contributed by atoms with van der Waals surface area (Å²) in [5.41, 5.74) is 8.60. The van der Waals surface area contributed by atoms with Crippen LogP contribution in [0.15, 0.2) is 29.4 Å². The zero-order valence-electron chi connectivity index (χ0n) is 14.1. The van der Waals surface area contributed by atoms with Crippen LogP contribution >= 0.6 is 0 Å². The molecule has 0 radical (unpaired) electrons. The van der Waals surface area contributed by atoms with Gasteiger partial charge in [-0.25, -0.2) is 0 Å². The van der Waals surface area contributed by atoms with Crippen molar-refractivity contribution in [3.05, 3.63) is 35.4 Å². The Balaban J connectivity index is 1.51. The second-order valence-corrected chi connectivity index (χ2v) is 7.36. The lowest BCUT2D eigenvalue weighted by molar-refractivity contribution is -0.0635. The van der Waals surface area contributed by atoms with Gasteiger partial charge in [0, 0.05) is 25.2 Å². The van der Waals surface area contributed by atoms with Crippen molar-refractivity contribution in [2.45, 2.75) is 39.3 Å². The van der Waals surface area contributed by atoms with Crippen LogP contribution in [0.25, 0.3) is 0 Å². The molecule has 1 saturated carbocycles. The Morgan fingerprint density at radius 1 is 1.26 bits per heavy atom. The van der Waals surface area contributed by atoms with E-state index in [0.29, 0.717) is 11.3 Å². The number of amidine groups is 1. The third-order valence-corrected chi connectivity index (χ3v) is 4.62. The second-order valence-electron chi connectivity index (χ2n) is 7.36. The van der Waals surface area contributed by atoms with Gasteiger partial charge in [0.25, 0.3) is 0 Å². The summed E-state index contributed by atoms with van der Waals surface area (Å²) in [5.74, 6) is 0.452. The minimum absolute atomic E-state index is 0.212. The van der Waals surface area contributed by atoms with Crippen LogP contribution in [-0.4, -0.2) is 43.1 Å². The van der Waals surface area contributed by atoms with Crippen molar-refractivity contribution in [2.75, 3.05) is 26.3 Å². The van der Waals surface area contributed by atoms with Crippen LogP contribution in [0.5, 0.6) is 0 Å². The molecule has 1 aromatic rings. The van der Waals surface area contributed by atoms with E-state index >= 15 is 0 Å². The molecule has 1 saturated heterocycles. The number of morpholine rings is 1. The Kier molecular flexibility index (Phi) is 4.87. The lowest BCUT2D eigenvalue weighted by Crippen LogP contribution is -2.37. The maximum Gasteiger partial charge on any atom is 0.170 e. The van der Waals surface area contributed by atoms with Crippen molar-refractivity contribution in [1.82, 2.24) is 4.90 Å². The van der Waals surface area contributed by atoms with E-state index in [1.54, 1.807) is 0 Å². The number of ether oxygens (including phenoxy) is 1. The van der Waals surface area contributed by atoms with Crippen molar-refractivity contribution in [3.8, 4) is 0 Å². The Morgan fingerprint density at radius 2 is 1.91 bits per heavy atom. The first-order valence-corrected chi connectivity index (χ1v) is 8.41. The van der Waals surface area contributed by atoms with E-state index in [0.717, 1.165) is 51.3 Å². The largest absolute Gasteiger partial charge is 0.391 e. The first-order chi connectivity index (χ1) is 11.0. The summed E-state index contributed by atoms with van der Waals surface area (Å²) in [6.07, 6.45) is 2.30. The summed E-state index contributed by atoms with van der Waals surface area (Å²) < 4.78 is 5.37. The monoisotopic (exact) mass is 317 g/mol. The Morgan fingerprint density at radius 3 is 2.52 bits per heavy atom.